The first kappa shape index (κ1) is 16.5. The van der Waals surface area contributed by atoms with Crippen LogP contribution in [-0.2, 0) is 10.0 Å². The molecule has 0 saturated heterocycles. The van der Waals surface area contributed by atoms with Gasteiger partial charge in [-0.2, -0.15) is 0 Å². The Bertz CT molecular complexity index is 934. The van der Waals surface area contributed by atoms with Crippen molar-refractivity contribution in [2.24, 2.45) is 0 Å². The molecule has 0 radical (unpaired) electrons. The Morgan fingerprint density at radius 3 is 2.54 bits per heavy atom. The van der Waals surface area contributed by atoms with Crippen molar-refractivity contribution < 1.29 is 18.3 Å². The molecular formula is C18H19NO4S. The van der Waals surface area contributed by atoms with Gasteiger partial charge < -0.3 is 5.11 Å². The van der Waals surface area contributed by atoms with Gasteiger partial charge in [0.15, 0.2) is 0 Å². The highest BCUT2D eigenvalue weighted by Gasteiger charge is 2.35. The molecule has 2 aromatic carbocycles. The lowest BCUT2D eigenvalue weighted by Gasteiger charge is -2.22. The summed E-state index contributed by atoms with van der Waals surface area (Å²) in [7, 11) is -3.82. The largest absolute Gasteiger partial charge is 0.478 e. The molecule has 5 nitrogen and oxygen atoms in total. The number of carboxylic acids is 1. The highest BCUT2D eigenvalue weighted by Crippen LogP contribution is 2.39. The van der Waals surface area contributed by atoms with Gasteiger partial charge in [-0.25, -0.2) is 13.2 Å². The monoisotopic (exact) mass is 345 g/mol. The summed E-state index contributed by atoms with van der Waals surface area (Å²) in [6.45, 7) is 5.78. The number of benzene rings is 2. The summed E-state index contributed by atoms with van der Waals surface area (Å²) in [6.07, 6.45) is 0. The third-order valence-corrected chi connectivity index (χ3v) is 6.52. The molecule has 0 aromatic heterocycles. The Morgan fingerprint density at radius 1 is 1.21 bits per heavy atom. The van der Waals surface area contributed by atoms with Gasteiger partial charge in [0.05, 0.1) is 16.1 Å². The van der Waals surface area contributed by atoms with Crippen LogP contribution in [0.5, 0.6) is 0 Å². The molecule has 1 aliphatic heterocycles. The summed E-state index contributed by atoms with van der Waals surface area (Å²) < 4.78 is 27.8. The van der Waals surface area contributed by atoms with E-state index in [1.54, 1.807) is 19.9 Å². The second kappa shape index (κ2) is 5.63. The van der Waals surface area contributed by atoms with Crippen molar-refractivity contribution in [3.63, 3.8) is 0 Å². The minimum Gasteiger partial charge on any atom is -0.478 e. The van der Waals surface area contributed by atoms with E-state index in [0.29, 0.717) is 23.4 Å². The summed E-state index contributed by atoms with van der Waals surface area (Å²) in [4.78, 5) is 11.4. The third-order valence-electron chi connectivity index (χ3n) is 4.61. The molecule has 0 bridgehead atoms. The number of hydrogen-bond donors (Lipinski definition) is 1. The zero-order chi connectivity index (χ0) is 17.6. The Kier molecular flexibility index (Phi) is 3.87. The Labute approximate surface area is 141 Å². The van der Waals surface area contributed by atoms with Gasteiger partial charge in [-0.3, -0.25) is 4.31 Å². The fourth-order valence-corrected chi connectivity index (χ4v) is 5.05. The number of aryl methyl sites for hydroxylation is 1. The zero-order valence-corrected chi connectivity index (χ0v) is 14.6. The van der Waals surface area contributed by atoms with Crippen LogP contribution in [0.15, 0.2) is 41.3 Å². The zero-order valence-electron chi connectivity index (χ0n) is 13.8. The minimum atomic E-state index is -3.82. The molecule has 0 amide bonds. The van der Waals surface area contributed by atoms with E-state index in [2.05, 4.69) is 0 Å². The topological polar surface area (TPSA) is 74.7 Å². The maximum absolute atomic E-state index is 13.2. The van der Waals surface area contributed by atoms with Crippen molar-refractivity contribution in [3.05, 3.63) is 58.7 Å². The van der Waals surface area contributed by atoms with Crippen LogP contribution in [0.2, 0.25) is 0 Å². The third kappa shape index (κ3) is 2.47. The van der Waals surface area contributed by atoms with Gasteiger partial charge >= 0.3 is 5.97 Å². The predicted molar refractivity (Wildman–Crippen MR) is 92.3 cm³/mol. The van der Waals surface area contributed by atoms with Crippen LogP contribution in [0, 0.1) is 13.8 Å². The maximum Gasteiger partial charge on any atom is 0.335 e. The van der Waals surface area contributed by atoms with Crippen LogP contribution >= 0.6 is 0 Å². The number of carboxylic acid groups (broad SMARTS) is 1. The van der Waals surface area contributed by atoms with Crippen molar-refractivity contribution in [2.75, 3.05) is 10.8 Å². The number of sulfonamides is 1. The van der Waals surface area contributed by atoms with E-state index >= 15 is 0 Å². The van der Waals surface area contributed by atoms with Crippen molar-refractivity contribution in [3.8, 4) is 0 Å². The van der Waals surface area contributed by atoms with E-state index in [1.807, 2.05) is 25.1 Å². The van der Waals surface area contributed by atoms with Crippen molar-refractivity contribution in [1.29, 1.82) is 0 Å². The average Bonchev–Trinajstić information content (AvgIpc) is 2.88. The fraction of sp³-hybridized carbons (Fsp3) is 0.278. The van der Waals surface area contributed by atoms with Gasteiger partial charge in [0.25, 0.3) is 10.0 Å². The van der Waals surface area contributed by atoms with Crippen LogP contribution in [-0.4, -0.2) is 26.0 Å². The highest BCUT2D eigenvalue weighted by molar-refractivity contribution is 7.93. The summed E-state index contributed by atoms with van der Waals surface area (Å²) in [5, 5.41) is 9.25. The molecule has 126 valence electrons. The lowest BCUT2D eigenvalue weighted by atomic mass is 10.0. The minimum absolute atomic E-state index is 0.0165. The Balaban J connectivity index is 2.18. The molecule has 24 heavy (non-hydrogen) atoms. The molecular weight excluding hydrogens is 326 g/mol. The number of para-hydroxylation sites is 1. The summed E-state index contributed by atoms with van der Waals surface area (Å²) in [5.41, 5.74) is 2.87. The molecule has 1 unspecified atom stereocenters. The molecule has 0 aliphatic carbocycles. The number of rotatable bonds is 3. The number of hydrogen-bond acceptors (Lipinski definition) is 3. The Morgan fingerprint density at radius 2 is 1.88 bits per heavy atom. The molecule has 2 aromatic rings. The lowest BCUT2D eigenvalue weighted by molar-refractivity contribution is 0.0696. The molecule has 1 atom stereocenters. The van der Waals surface area contributed by atoms with Gasteiger partial charge in [0, 0.05) is 12.5 Å². The van der Waals surface area contributed by atoms with Gasteiger partial charge in [0.2, 0.25) is 0 Å². The van der Waals surface area contributed by atoms with E-state index in [-0.39, 0.29) is 16.4 Å². The average molecular weight is 345 g/mol. The standard InChI is InChI=1S/C18H19NO4S/c1-11-8-14(18(20)21)9-17(13(11)3)24(22,23)19-10-12(2)15-6-4-5-7-16(15)19/h4-9,12H,10H2,1-3H3,(H,20,21). The number of aromatic carboxylic acids is 1. The number of anilines is 1. The second-order valence-corrected chi connectivity index (χ2v) is 8.05. The highest BCUT2D eigenvalue weighted by atomic mass is 32.2. The van der Waals surface area contributed by atoms with E-state index < -0.39 is 16.0 Å². The smallest absolute Gasteiger partial charge is 0.335 e. The SMILES string of the molecule is Cc1cc(C(=O)O)cc(S(=O)(=O)N2CC(C)c3ccccc32)c1C. The van der Waals surface area contributed by atoms with E-state index in [4.69, 9.17) is 0 Å². The van der Waals surface area contributed by atoms with Crippen LogP contribution < -0.4 is 4.31 Å². The van der Waals surface area contributed by atoms with Crippen LogP contribution in [0.4, 0.5) is 5.69 Å². The number of nitrogens with zero attached hydrogens (tertiary/aromatic N) is 1. The molecule has 3 rings (SSSR count). The summed E-state index contributed by atoms with van der Waals surface area (Å²) in [6, 6.07) is 10.2. The van der Waals surface area contributed by atoms with Gasteiger partial charge in [-0.1, -0.05) is 25.1 Å². The molecule has 0 spiro atoms. The second-order valence-electron chi connectivity index (χ2n) is 6.22. The maximum atomic E-state index is 13.2. The first-order valence-corrected chi connectivity index (χ1v) is 9.13. The lowest BCUT2D eigenvalue weighted by Crippen LogP contribution is -2.30. The van der Waals surface area contributed by atoms with Gasteiger partial charge in [-0.15, -0.1) is 0 Å². The Hall–Kier alpha value is -2.34. The molecule has 0 fully saturated rings. The predicted octanol–water partition coefficient (Wildman–Crippen LogP) is 3.31. The van der Waals surface area contributed by atoms with Crippen LogP contribution in [0.1, 0.15) is 39.9 Å². The van der Waals surface area contributed by atoms with Crippen LogP contribution in [0.3, 0.4) is 0 Å². The van der Waals surface area contributed by atoms with E-state index in [0.717, 1.165) is 5.56 Å². The van der Waals surface area contributed by atoms with E-state index in [1.165, 1.54) is 16.4 Å². The number of carbonyl (C=O) groups is 1. The molecule has 0 saturated carbocycles. The normalized spacial score (nSPS) is 17.0. The van der Waals surface area contributed by atoms with Crippen molar-refractivity contribution in [2.45, 2.75) is 31.6 Å². The first-order valence-electron chi connectivity index (χ1n) is 7.69. The van der Waals surface area contributed by atoms with Gasteiger partial charge in [-0.05, 0) is 48.7 Å². The van der Waals surface area contributed by atoms with Crippen molar-refractivity contribution in [1.82, 2.24) is 0 Å². The molecule has 6 heteroatoms. The summed E-state index contributed by atoms with van der Waals surface area (Å²) in [5.74, 6) is -1.04. The quantitative estimate of drug-likeness (QED) is 0.926. The van der Waals surface area contributed by atoms with E-state index in [9.17, 15) is 18.3 Å². The summed E-state index contributed by atoms with van der Waals surface area (Å²) >= 11 is 0. The molecule has 1 heterocycles. The fourth-order valence-electron chi connectivity index (χ4n) is 3.14. The molecule has 1 aliphatic rings. The first-order chi connectivity index (χ1) is 11.2. The van der Waals surface area contributed by atoms with Crippen LogP contribution in [0.25, 0.3) is 0 Å². The number of fused-ring (bicyclic) bond motifs is 1. The van der Waals surface area contributed by atoms with Crippen molar-refractivity contribution >= 4 is 21.7 Å². The molecule has 1 N–H and O–H groups in total. The van der Waals surface area contributed by atoms with Gasteiger partial charge in [0.1, 0.15) is 0 Å².